The number of aromatic nitrogens is 1. The number of aromatic hydroxyl groups is 1. The summed E-state index contributed by atoms with van der Waals surface area (Å²) in [6.07, 6.45) is 2.55. The maximum atomic E-state index is 11.8. The number of benzene rings is 1. The van der Waals surface area contributed by atoms with E-state index in [0.717, 1.165) is 0 Å². The van der Waals surface area contributed by atoms with Crippen molar-refractivity contribution in [2.24, 2.45) is 0 Å². The van der Waals surface area contributed by atoms with Gasteiger partial charge in [-0.1, -0.05) is 30.3 Å². The first-order valence-corrected chi connectivity index (χ1v) is 6.19. The number of aliphatic carboxylic acids is 1. The molecule has 2 rings (SSSR count). The Labute approximate surface area is 125 Å². The van der Waals surface area contributed by atoms with Crippen LogP contribution < -0.4 is 5.48 Å². The van der Waals surface area contributed by atoms with Crippen molar-refractivity contribution in [3.05, 3.63) is 59.8 Å². The van der Waals surface area contributed by atoms with Crippen molar-refractivity contribution in [2.75, 3.05) is 5.48 Å². The molecule has 0 atom stereocenters. The third kappa shape index (κ3) is 3.83. The molecule has 7 nitrogen and oxygen atoms in total. The predicted molar refractivity (Wildman–Crippen MR) is 77.7 cm³/mol. The Morgan fingerprint density at radius 2 is 1.86 bits per heavy atom. The lowest BCUT2D eigenvalue weighted by Gasteiger charge is -2.07. The van der Waals surface area contributed by atoms with Gasteiger partial charge in [0.1, 0.15) is 5.57 Å². The lowest BCUT2D eigenvalue weighted by Crippen LogP contribution is -2.18. The number of rotatable bonds is 5. The molecule has 1 heterocycles. The minimum absolute atomic E-state index is 0.0969. The topological polar surface area (TPSA) is 109 Å². The van der Waals surface area contributed by atoms with Gasteiger partial charge in [-0.25, -0.2) is 14.6 Å². The summed E-state index contributed by atoms with van der Waals surface area (Å²) in [4.78, 5) is 31.4. The van der Waals surface area contributed by atoms with Crippen LogP contribution in [0.5, 0.6) is 5.75 Å². The minimum Gasteiger partial charge on any atom is -0.504 e. The molecule has 0 fully saturated rings. The first-order valence-electron chi connectivity index (χ1n) is 6.19. The highest BCUT2D eigenvalue weighted by atomic mass is 16.7. The number of carbonyl (C=O) groups is 2. The highest BCUT2D eigenvalue weighted by Gasteiger charge is 2.20. The lowest BCUT2D eigenvalue weighted by molar-refractivity contribution is -0.142. The van der Waals surface area contributed by atoms with Gasteiger partial charge in [-0.2, -0.15) is 5.48 Å². The van der Waals surface area contributed by atoms with Gasteiger partial charge < -0.3 is 15.1 Å². The summed E-state index contributed by atoms with van der Waals surface area (Å²) in [6, 6.07) is 11.3. The van der Waals surface area contributed by atoms with Gasteiger partial charge in [0.05, 0.1) is 0 Å². The molecule has 0 bridgehead atoms. The Morgan fingerprint density at radius 3 is 2.50 bits per heavy atom. The van der Waals surface area contributed by atoms with E-state index in [0.29, 0.717) is 5.56 Å². The van der Waals surface area contributed by atoms with E-state index in [-0.39, 0.29) is 11.6 Å². The molecule has 0 aliphatic rings. The molecule has 0 aliphatic carbocycles. The number of hydrogen-bond donors (Lipinski definition) is 3. The van der Waals surface area contributed by atoms with Gasteiger partial charge in [0, 0.05) is 6.20 Å². The fourth-order valence-corrected chi connectivity index (χ4v) is 1.55. The van der Waals surface area contributed by atoms with Crippen LogP contribution in [0.3, 0.4) is 0 Å². The molecule has 1 aromatic heterocycles. The smallest absolute Gasteiger partial charge is 0.370 e. The van der Waals surface area contributed by atoms with E-state index >= 15 is 0 Å². The van der Waals surface area contributed by atoms with Crippen molar-refractivity contribution in [2.45, 2.75) is 0 Å². The molecular weight excluding hydrogens is 288 g/mol. The predicted octanol–water partition coefficient (Wildman–Crippen LogP) is 1.83. The summed E-state index contributed by atoms with van der Waals surface area (Å²) in [5.74, 6) is -2.87. The monoisotopic (exact) mass is 300 g/mol. The van der Waals surface area contributed by atoms with Crippen LogP contribution in [0.1, 0.15) is 5.56 Å². The minimum atomic E-state index is -1.43. The van der Waals surface area contributed by atoms with Crippen molar-refractivity contribution in [3.63, 3.8) is 0 Å². The number of pyridine rings is 1. The second kappa shape index (κ2) is 6.89. The number of carboxylic acid groups (broad SMARTS) is 1. The van der Waals surface area contributed by atoms with E-state index in [1.54, 1.807) is 30.3 Å². The van der Waals surface area contributed by atoms with Gasteiger partial charge in [0.2, 0.25) is 5.82 Å². The third-order valence-corrected chi connectivity index (χ3v) is 2.59. The standard InChI is InChI=1S/C15H12N2O5/c18-12-7-4-8-16-13(12)17-22-15(21)11(14(19)20)9-10-5-2-1-3-6-10/h1-9,18H,(H,16,17)(H,19,20). The number of nitrogens with one attached hydrogen (secondary N) is 1. The normalized spacial score (nSPS) is 10.8. The summed E-state index contributed by atoms with van der Waals surface area (Å²) in [5.41, 5.74) is 2.10. The molecule has 0 unspecified atom stereocenters. The number of carbonyl (C=O) groups excluding carboxylic acids is 1. The summed E-state index contributed by atoms with van der Waals surface area (Å²) >= 11 is 0. The Hall–Kier alpha value is -3.35. The van der Waals surface area contributed by atoms with Crippen LogP contribution in [0.2, 0.25) is 0 Å². The van der Waals surface area contributed by atoms with Crippen LogP contribution in [0.4, 0.5) is 5.82 Å². The largest absolute Gasteiger partial charge is 0.504 e. The Bertz CT molecular complexity index is 713. The van der Waals surface area contributed by atoms with Crippen molar-refractivity contribution in [1.82, 2.24) is 4.98 Å². The SMILES string of the molecule is O=C(O)C(=Cc1ccccc1)C(=O)ONc1ncccc1O. The highest BCUT2D eigenvalue weighted by Crippen LogP contribution is 2.18. The molecule has 7 heteroatoms. The second-order valence-corrected chi connectivity index (χ2v) is 4.14. The van der Waals surface area contributed by atoms with Crippen LogP contribution >= 0.6 is 0 Å². The Kier molecular flexibility index (Phi) is 4.71. The molecule has 0 amide bonds. The summed E-state index contributed by atoms with van der Waals surface area (Å²) in [7, 11) is 0. The van der Waals surface area contributed by atoms with E-state index in [2.05, 4.69) is 15.3 Å². The second-order valence-electron chi connectivity index (χ2n) is 4.14. The average molecular weight is 300 g/mol. The quantitative estimate of drug-likeness (QED) is 0.334. The van der Waals surface area contributed by atoms with Crippen LogP contribution in [0.25, 0.3) is 6.08 Å². The molecule has 0 spiro atoms. The number of carboxylic acids is 1. The fourth-order valence-electron chi connectivity index (χ4n) is 1.55. The maximum absolute atomic E-state index is 11.8. The van der Waals surface area contributed by atoms with Gasteiger partial charge in [-0.15, -0.1) is 0 Å². The van der Waals surface area contributed by atoms with Crippen molar-refractivity contribution in [3.8, 4) is 5.75 Å². The lowest BCUT2D eigenvalue weighted by atomic mass is 10.1. The molecule has 2 aromatic rings. The molecule has 112 valence electrons. The molecule has 3 N–H and O–H groups in total. The molecule has 0 radical (unpaired) electrons. The van der Waals surface area contributed by atoms with Crippen molar-refractivity contribution < 1.29 is 24.6 Å². The van der Waals surface area contributed by atoms with E-state index in [9.17, 15) is 14.7 Å². The molecule has 1 aromatic carbocycles. The summed E-state index contributed by atoms with van der Waals surface area (Å²) in [5, 5.41) is 18.6. The third-order valence-electron chi connectivity index (χ3n) is 2.59. The van der Waals surface area contributed by atoms with Crippen molar-refractivity contribution >= 4 is 23.8 Å². The maximum Gasteiger partial charge on any atom is 0.370 e. The Balaban J connectivity index is 2.13. The van der Waals surface area contributed by atoms with Crippen LogP contribution in [-0.4, -0.2) is 27.1 Å². The van der Waals surface area contributed by atoms with Crippen molar-refractivity contribution in [1.29, 1.82) is 0 Å². The van der Waals surface area contributed by atoms with Gasteiger partial charge in [0.15, 0.2) is 5.75 Å². The number of anilines is 1. The van der Waals surface area contributed by atoms with Gasteiger partial charge >= 0.3 is 11.9 Å². The van der Waals surface area contributed by atoms with Gasteiger partial charge in [-0.05, 0) is 23.8 Å². The van der Waals surface area contributed by atoms with E-state index in [4.69, 9.17) is 5.11 Å². The first-order chi connectivity index (χ1) is 10.6. The average Bonchev–Trinajstić information content (AvgIpc) is 2.52. The van der Waals surface area contributed by atoms with E-state index in [1.807, 2.05) is 0 Å². The zero-order valence-corrected chi connectivity index (χ0v) is 11.3. The zero-order valence-electron chi connectivity index (χ0n) is 11.3. The molecule has 22 heavy (non-hydrogen) atoms. The first kappa shape index (κ1) is 15.0. The van der Waals surface area contributed by atoms with Gasteiger partial charge in [-0.3, -0.25) is 0 Å². The van der Waals surface area contributed by atoms with E-state index in [1.165, 1.54) is 24.4 Å². The molecule has 0 aliphatic heterocycles. The highest BCUT2D eigenvalue weighted by molar-refractivity contribution is 6.17. The van der Waals surface area contributed by atoms with Crippen LogP contribution in [0.15, 0.2) is 54.2 Å². The van der Waals surface area contributed by atoms with Crippen LogP contribution in [-0.2, 0) is 14.4 Å². The zero-order chi connectivity index (χ0) is 15.9. The van der Waals surface area contributed by atoms with Crippen LogP contribution in [0, 0.1) is 0 Å². The van der Waals surface area contributed by atoms with E-state index < -0.39 is 17.5 Å². The molecule has 0 saturated carbocycles. The summed E-state index contributed by atoms with van der Waals surface area (Å²) in [6.45, 7) is 0. The molecule has 0 saturated heterocycles. The molecular formula is C15H12N2O5. The number of nitrogens with zero attached hydrogens (tertiary/aromatic N) is 1. The van der Waals surface area contributed by atoms with Gasteiger partial charge in [0.25, 0.3) is 0 Å². The summed E-state index contributed by atoms with van der Waals surface area (Å²) < 4.78 is 0. The Morgan fingerprint density at radius 1 is 1.14 bits per heavy atom. The fraction of sp³-hybridized carbons (Fsp3) is 0. The number of hydrogen-bond acceptors (Lipinski definition) is 6.